The minimum atomic E-state index is -1.52. The number of hydrogen-bond donors (Lipinski definition) is 1. The van der Waals surface area contributed by atoms with Gasteiger partial charge in [-0.05, 0) is 38.0 Å². The number of amides is 1. The van der Waals surface area contributed by atoms with Crippen LogP contribution in [-0.4, -0.2) is 17.6 Å². The Morgan fingerprint density at radius 1 is 1.46 bits per heavy atom. The SMILES string of the molecule is CC1CCC1NC(=O)C1(F)CCC1. The van der Waals surface area contributed by atoms with Crippen LogP contribution < -0.4 is 5.32 Å². The monoisotopic (exact) mass is 185 g/mol. The highest BCUT2D eigenvalue weighted by Crippen LogP contribution is 2.37. The van der Waals surface area contributed by atoms with Gasteiger partial charge in [-0.25, -0.2) is 4.39 Å². The molecule has 0 aliphatic heterocycles. The number of carbonyl (C=O) groups excluding carboxylic acids is 1. The fourth-order valence-corrected chi connectivity index (χ4v) is 1.89. The smallest absolute Gasteiger partial charge is 0.257 e. The second-order valence-corrected chi connectivity index (χ2v) is 4.45. The van der Waals surface area contributed by atoms with Gasteiger partial charge < -0.3 is 5.32 Å². The number of alkyl halides is 1. The second-order valence-electron chi connectivity index (χ2n) is 4.45. The van der Waals surface area contributed by atoms with Crippen molar-refractivity contribution in [3.05, 3.63) is 0 Å². The maximum Gasteiger partial charge on any atom is 0.257 e. The zero-order valence-corrected chi connectivity index (χ0v) is 7.98. The van der Waals surface area contributed by atoms with Crippen molar-refractivity contribution in [3.63, 3.8) is 0 Å². The van der Waals surface area contributed by atoms with Crippen LogP contribution in [0.3, 0.4) is 0 Å². The normalized spacial score (nSPS) is 35.8. The van der Waals surface area contributed by atoms with Gasteiger partial charge in [-0.15, -0.1) is 0 Å². The molecule has 3 heteroatoms. The molecule has 1 amide bonds. The van der Waals surface area contributed by atoms with Gasteiger partial charge in [0, 0.05) is 6.04 Å². The predicted molar refractivity (Wildman–Crippen MR) is 48.0 cm³/mol. The second kappa shape index (κ2) is 2.96. The molecule has 13 heavy (non-hydrogen) atoms. The molecule has 0 bridgehead atoms. The lowest BCUT2D eigenvalue weighted by atomic mass is 9.78. The number of hydrogen-bond acceptors (Lipinski definition) is 1. The van der Waals surface area contributed by atoms with Crippen molar-refractivity contribution in [2.24, 2.45) is 5.92 Å². The Morgan fingerprint density at radius 2 is 2.15 bits per heavy atom. The predicted octanol–water partition coefficient (Wildman–Crippen LogP) is 1.79. The van der Waals surface area contributed by atoms with E-state index in [2.05, 4.69) is 12.2 Å². The summed E-state index contributed by atoms with van der Waals surface area (Å²) in [5, 5.41) is 2.79. The molecule has 0 aromatic heterocycles. The molecule has 74 valence electrons. The van der Waals surface area contributed by atoms with Gasteiger partial charge >= 0.3 is 0 Å². The van der Waals surface area contributed by atoms with E-state index in [4.69, 9.17) is 0 Å². The topological polar surface area (TPSA) is 29.1 Å². The lowest BCUT2D eigenvalue weighted by Crippen LogP contribution is -2.55. The summed E-state index contributed by atoms with van der Waals surface area (Å²) in [7, 11) is 0. The third kappa shape index (κ3) is 1.45. The van der Waals surface area contributed by atoms with E-state index in [1.54, 1.807) is 0 Å². The Labute approximate surface area is 77.9 Å². The molecule has 2 aliphatic rings. The summed E-state index contributed by atoms with van der Waals surface area (Å²) in [5.74, 6) is 0.169. The Balaban J connectivity index is 1.84. The molecule has 0 saturated heterocycles. The molecule has 2 unspecified atom stereocenters. The van der Waals surface area contributed by atoms with Crippen molar-refractivity contribution in [1.82, 2.24) is 5.32 Å². The van der Waals surface area contributed by atoms with Crippen molar-refractivity contribution in [2.75, 3.05) is 0 Å². The van der Waals surface area contributed by atoms with Gasteiger partial charge in [-0.3, -0.25) is 4.79 Å². The van der Waals surface area contributed by atoms with Crippen LogP contribution in [0.4, 0.5) is 4.39 Å². The quantitative estimate of drug-likeness (QED) is 0.698. The molecule has 1 N–H and O–H groups in total. The number of halogens is 1. The van der Waals surface area contributed by atoms with Gasteiger partial charge in [-0.2, -0.15) is 0 Å². The summed E-state index contributed by atoms with van der Waals surface area (Å²) in [5.41, 5.74) is -1.52. The van der Waals surface area contributed by atoms with E-state index >= 15 is 0 Å². The van der Waals surface area contributed by atoms with Gasteiger partial charge in [-0.1, -0.05) is 6.92 Å². The van der Waals surface area contributed by atoms with Gasteiger partial charge in [0.05, 0.1) is 0 Å². The van der Waals surface area contributed by atoms with Crippen molar-refractivity contribution in [2.45, 2.75) is 50.7 Å². The Kier molecular flexibility index (Phi) is 2.05. The van der Waals surface area contributed by atoms with Crippen LogP contribution in [0.2, 0.25) is 0 Å². The summed E-state index contributed by atoms with van der Waals surface area (Å²) in [6.07, 6.45) is 3.86. The summed E-state index contributed by atoms with van der Waals surface area (Å²) < 4.78 is 13.5. The highest BCUT2D eigenvalue weighted by atomic mass is 19.1. The molecule has 2 saturated carbocycles. The fraction of sp³-hybridized carbons (Fsp3) is 0.900. The lowest BCUT2D eigenvalue weighted by Gasteiger charge is -2.39. The maximum atomic E-state index is 13.5. The van der Waals surface area contributed by atoms with Crippen molar-refractivity contribution in [3.8, 4) is 0 Å². The molecule has 0 heterocycles. The molecule has 2 nitrogen and oxygen atoms in total. The van der Waals surface area contributed by atoms with Crippen LogP contribution in [0.5, 0.6) is 0 Å². The van der Waals surface area contributed by atoms with Gasteiger partial charge in [0.1, 0.15) is 0 Å². The van der Waals surface area contributed by atoms with Crippen LogP contribution in [0.25, 0.3) is 0 Å². The molecular weight excluding hydrogens is 169 g/mol. The van der Waals surface area contributed by atoms with E-state index in [9.17, 15) is 9.18 Å². The Bertz CT molecular complexity index is 225. The van der Waals surface area contributed by atoms with Gasteiger partial charge in [0.2, 0.25) is 0 Å². The Hall–Kier alpha value is -0.600. The number of carbonyl (C=O) groups is 1. The molecule has 0 spiro atoms. The highest BCUT2D eigenvalue weighted by Gasteiger charge is 2.46. The highest BCUT2D eigenvalue weighted by molar-refractivity contribution is 5.86. The van der Waals surface area contributed by atoms with E-state index in [1.807, 2.05) is 0 Å². The summed E-state index contributed by atoms with van der Waals surface area (Å²) in [6, 6.07) is 0.237. The molecular formula is C10H16FNO. The average molecular weight is 185 g/mol. The number of rotatable bonds is 2. The standard InChI is InChI=1S/C10H16FNO/c1-7-3-4-8(7)12-9(13)10(11)5-2-6-10/h7-8H,2-6H2,1H3,(H,12,13). The van der Waals surface area contributed by atoms with Crippen molar-refractivity contribution < 1.29 is 9.18 Å². The zero-order chi connectivity index (χ0) is 9.47. The summed E-state index contributed by atoms with van der Waals surface area (Å²) in [6.45, 7) is 2.10. The summed E-state index contributed by atoms with van der Waals surface area (Å²) >= 11 is 0. The number of nitrogens with one attached hydrogen (secondary N) is 1. The first-order chi connectivity index (χ1) is 6.12. The van der Waals surface area contributed by atoms with Crippen LogP contribution in [0, 0.1) is 5.92 Å². The largest absolute Gasteiger partial charge is 0.350 e. The summed E-state index contributed by atoms with van der Waals surface area (Å²) in [4.78, 5) is 11.4. The van der Waals surface area contributed by atoms with Crippen molar-refractivity contribution in [1.29, 1.82) is 0 Å². The molecule has 2 aliphatic carbocycles. The average Bonchev–Trinajstić information content (AvgIpc) is 2.07. The van der Waals surface area contributed by atoms with E-state index in [-0.39, 0.29) is 11.9 Å². The third-order valence-corrected chi connectivity index (χ3v) is 3.49. The molecule has 0 aromatic rings. The first kappa shape index (κ1) is 8.97. The van der Waals surface area contributed by atoms with Crippen LogP contribution in [0.15, 0.2) is 0 Å². The van der Waals surface area contributed by atoms with Crippen LogP contribution >= 0.6 is 0 Å². The first-order valence-electron chi connectivity index (χ1n) is 5.12. The first-order valence-corrected chi connectivity index (χ1v) is 5.12. The van der Waals surface area contributed by atoms with E-state index in [0.717, 1.165) is 19.3 Å². The van der Waals surface area contributed by atoms with Crippen LogP contribution in [0.1, 0.15) is 39.0 Å². The van der Waals surface area contributed by atoms with Gasteiger partial charge in [0.25, 0.3) is 5.91 Å². The minimum absolute atomic E-state index is 0.237. The zero-order valence-electron chi connectivity index (χ0n) is 7.98. The van der Waals surface area contributed by atoms with Crippen LogP contribution in [-0.2, 0) is 4.79 Å². The van der Waals surface area contributed by atoms with E-state index in [0.29, 0.717) is 18.8 Å². The molecule has 2 fully saturated rings. The molecule has 2 rings (SSSR count). The van der Waals surface area contributed by atoms with Crippen molar-refractivity contribution >= 4 is 5.91 Å². The lowest BCUT2D eigenvalue weighted by molar-refractivity contribution is -0.140. The Morgan fingerprint density at radius 3 is 2.46 bits per heavy atom. The molecule has 0 aromatic carbocycles. The van der Waals surface area contributed by atoms with E-state index in [1.165, 1.54) is 0 Å². The third-order valence-electron chi connectivity index (χ3n) is 3.49. The molecule has 0 radical (unpaired) electrons. The fourth-order valence-electron chi connectivity index (χ4n) is 1.89. The molecule has 2 atom stereocenters. The van der Waals surface area contributed by atoms with E-state index < -0.39 is 5.67 Å². The minimum Gasteiger partial charge on any atom is -0.350 e. The van der Waals surface area contributed by atoms with Gasteiger partial charge in [0.15, 0.2) is 5.67 Å². The maximum absolute atomic E-state index is 13.5.